The number of aliphatic imine (C=N–C) groups is 1. The molecule has 0 saturated heterocycles. The van der Waals surface area contributed by atoms with E-state index in [1.807, 2.05) is 13.8 Å². The Kier molecular flexibility index (Phi) is 9.42. The van der Waals surface area contributed by atoms with E-state index in [4.69, 9.17) is 23.2 Å². The Bertz CT molecular complexity index is 1120. The maximum atomic E-state index is 13.0. The number of alkyl halides is 3. The number of amides is 2. The molecule has 8 nitrogen and oxygen atoms in total. The lowest BCUT2D eigenvalue weighted by atomic mass is 10.2. The highest BCUT2D eigenvalue weighted by atomic mass is 35.5. The highest BCUT2D eigenvalue weighted by Crippen LogP contribution is 2.35. The van der Waals surface area contributed by atoms with Gasteiger partial charge in [-0.3, -0.25) is 14.6 Å². The summed E-state index contributed by atoms with van der Waals surface area (Å²) in [4.78, 5) is 36.6. The van der Waals surface area contributed by atoms with Gasteiger partial charge >= 0.3 is 6.18 Å². The van der Waals surface area contributed by atoms with E-state index in [9.17, 15) is 22.8 Å². The van der Waals surface area contributed by atoms with E-state index in [1.165, 1.54) is 19.3 Å². The van der Waals surface area contributed by atoms with Gasteiger partial charge in [-0.2, -0.15) is 13.2 Å². The van der Waals surface area contributed by atoms with Crippen LogP contribution in [-0.4, -0.2) is 40.7 Å². The van der Waals surface area contributed by atoms with Crippen molar-refractivity contribution < 1.29 is 22.8 Å². The van der Waals surface area contributed by atoms with Crippen LogP contribution in [0.3, 0.4) is 0 Å². The molecule has 2 heterocycles. The molecule has 0 aromatic carbocycles. The predicted octanol–water partition coefficient (Wildman–Crippen LogP) is 4.79. The standard InChI is InChI=1S/C20H21Cl2F3N6O2S/c1-9(2)29-17(26-4)12(21)6-16(32)30-10(3)19-28-8-14(34-19)18(33)31-15-5-11(20(23,24)25)13(22)7-27-15/h5-10H,1-4H3,(H,26,29)(H,30,32)(H,27,31,33)/b12-6-. The number of aromatic nitrogens is 2. The van der Waals surface area contributed by atoms with E-state index < -0.39 is 34.6 Å². The number of hydrogen-bond donors (Lipinski definition) is 3. The van der Waals surface area contributed by atoms with Gasteiger partial charge in [-0.05, 0) is 26.8 Å². The zero-order valence-electron chi connectivity index (χ0n) is 18.4. The first-order valence-corrected chi connectivity index (χ1v) is 11.3. The van der Waals surface area contributed by atoms with Crippen LogP contribution in [0.1, 0.15) is 47.1 Å². The van der Waals surface area contributed by atoms with Crippen molar-refractivity contribution in [1.29, 1.82) is 0 Å². The fourth-order valence-corrected chi connectivity index (χ4v) is 3.77. The minimum Gasteiger partial charge on any atom is -0.367 e. The van der Waals surface area contributed by atoms with E-state index >= 15 is 0 Å². The average molecular weight is 537 g/mol. The molecule has 3 N–H and O–H groups in total. The van der Waals surface area contributed by atoms with Crippen molar-refractivity contribution in [3.05, 3.63) is 50.0 Å². The summed E-state index contributed by atoms with van der Waals surface area (Å²) in [5, 5.41) is 7.90. The lowest BCUT2D eigenvalue weighted by Crippen LogP contribution is -2.31. The molecule has 0 bridgehead atoms. The molecule has 0 saturated carbocycles. The molecule has 2 rings (SSSR count). The minimum absolute atomic E-state index is 0.0610. The van der Waals surface area contributed by atoms with Gasteiger partial charge in [-0.15, -0.1) is 11.3 Å². The fourth-order valence-electron chi connectivity index (χ4n) is 2.51. The maximum absolute atomic E-state index is 13.0. The number of thiazole rings is 1. The van der Waals surface area contributed by atoms with Crippen LogP contribution in [0.25, 0.3) is 0 Å². The number of nitrogens with zero attached hydrogens (tertiary/aromatic N) is 3. The van der Waals surface area contributed by atoms with Gasteiger partial charge < -0.3 is 16.0 Å². The summed E-state index contributed by atoms with van der Waals surface area (Å²) in [5.41, 5.74) is -1.12. The van der Waals surface area contributed by atoms with E-state index in [0.717, 1.165) is 17.5 Å². The van der Waals surface area contributed by atoms with Crippen LogP contribution >= 0.6 is 34.5 Å². The SMILES string of the molecule is CN=C(NC(C)C)/C(Cl)=C/C(=O)NC(C)c1ncc(C(=O)Nc2cc(C(F)(F)F)c(Cl)cn2)s1. The lowest BCUT2D eigenvalue weighted by Gasteiger charge is -2.13. The van der Waals surface area contributed by atoms with Gasteiger partial charge in [-0.1, -0.05) is 23.2 Å². The van der Waals surface area contributed by atoms with Crippen molar-refractivity contribution in [3.8, 4) is 0 Å². The van der Waals surface area contributed by atoms with Crippen molar-refractivity contribution in [1.82, 2.24) is 20.6 Å². The number of pyridine rings is 1. The molecule has 0 aliphatic rings. The van der Waals surface area contributed by atoms with Gasteiger partial charge in [-0.25, -0.2) is 9.97 Å². The molecule has 0 aliphatic carbocycles. The second-order valence-electron chi connectivity index (χ2n) is 7.16. The van der Waals surface area contributed by atoms with Gasteiger partial charge in [0.15, 0.2) is 0 Å². The van der Waals surface area contributed by atoms with Crippen molar-refractivity contribution in [2.75, 3.05) is 12.4 Å². The monoisotopic (exact) mass is 536 g/mol. The molecule has 1 unspecified atom stereocenters. The normalized spacial score (nSPS) is 13.6. The van der Waals surface area contributed by atoms with Crippen molar-refractivity contribution in [3.63, 3.8) is 0 Å². The molecule has 0 aliphatic heterocycles. The first-order chi connectivity index (χ1) is 15.8. The molecule has 0 fully saturated rings. The minimum atomic E-state index is -4.70. The van der Waals surface area contributed by atoms with Gasteiger partial charge in [0.1, 0.15) is 21.5 Å². The largest absolute Gasteiger partial charge is 0.418 e. The molecular weight excluding hydrogens is 516 g/mol. The van der Waals surface area contributed by atoms with Crippen LogP contribution in [0.5, 0.6) is 0 Å². The number of amidine groups is 1. The van der Waals surface area contributed by atoms with E-state index in [1.54, 1.807) is 6.92 Å². The summed E-state index contributed by atoms with van der Waals surface area (Å²) < 4.78 is 39.0. The molecule has 1 atom stereocenters. The van der Waals surface area contributed by atoms with Crippen LogP contribution in [0.4, 0.5) is 19.0 Å². The van der Waals surface area contributed by atoms with Crippen LogP contribution in [0, 0.1) is 0 Å². The summed E-state index contributed by atoms with van der Waals surface area (Å²) in [6.07, 6.45) is -1.48. The van der Waals surface area contributed by atoms with E-state index in [2.05, 4.69) is 30.9 Å². The second-order valence-corrected chi connectivity index (χ2v) is 9.03. The van der Waals surface area contributed by atoms with Gasteiger partial charge in [0, 0.05) is 25.4 Å². The Morgan fingerprint density at radius 2 is 1.85 bits per heavy atom. The van der Waals surface area contributed by atoms with Crippen LogP contribution in [0.15, 0.2) is 34.6 Å². The quantitative estimate of drug-likeness (QED) is 0.268. The maximum Gasteiger partial charge on any atom is 0.418 e. The molecule has 0 spiro atoms. The number of carbonyl (C=O) groups is 2. The summed E-state index contributed by atoms with van der Waals surface area (Å²) in [6.45, 7) is 5.44. The molecule has 184 valence electrons. The number of halogens is 5. The number of nitrogens with one attached hydrogen (secondary N) is 3. The Morgan fingerprint density at radius 3 is 2.44 bits per heavy atom. The van der Waals surface area contributed by atoms with Crippen LogP contribution in [0.2, 0.25) is 5.02 Å². The molecule has 2 aromatic heterocycles. The van der Waals surface area contributed by atoms with Crippen LogP contribution in [-0.2, 0) is 11.0 Å². The third kappa shape index (κ3) is 7.67. The summed E-state index contributed by atoms with van der Waals surface area (Å²) in [5.74, 6) is -1.18. The highest BCUT2D eigenvalue weighted by molar-refractivity contribution is 7.13. The van der Waals surface area contributed by atoms with Gasteiger partial charge in [0.2, 0.25) is 5.91 Å². The average Bonchev–Trinajstić information content (AvgIpc) is 3.22. The number of rotatable bonds is 7. The third-order valence-electron chi connectivity index (χ3n) is 4.01. The smallest absolute Gasteiger partial charge is 0.367 e. The number of anilines is 1. The predicted molar refractivity (Wildman–Crippen MR) is 126 cm³/mol. The zero-order valence-corrected chi connectivity index (χ0v) is 20.7. The van der Waals surface area contributed by atoms with Crippen molar-refractivity contribution in [2.45, 2.75) is 39.0 Å². The second kappa shape index (κ2) is 11.6. The first kappa shape index (κ1) is 27.5. The Hall–Kier alpha value is -2.70. The van der Waals surface area contributed by atoms with Gasteiger partial charge in [0.25, 0.3) is 5.91 Å². The summed E-state index contributed by atoms with van der Waals surface area (Å²) in [7, 11) is 1.53. The summed E-state index contributed by atoms with van der Waals surface area (Å²) in [6, 6.07) is 0.125. The number of hydrogen-bond acceptors (Lipinski definition) is 6. The molecule has 2 amide bonds. The molecular formula is C20H21Cl2F3N6O2S. The lowest BCUT2D eigenvalue weighted by molar-refractivity contribution is -0.137. The van der Waals surface area contributed by atoms with E-state index in [0.29, 0.717) is 16.9 Å². The van der Waals surface area contributed by atoms with Crippen molar-refractivity contribution >= 4 is 58.0 Å². The molecule has 2 aromatic rings. The Balaban J connectivity index is 2.06. The van der Waals surface area contributed by atoms with Crippen molar-refractivity contribution in [2.24, 2.45) is 4.99 Å². The molecule has 14 heteroatoms. The van der Waals surface area contributed by atoms with E-state index in [-0.39, 0.29) is 21.8 Å². The Morgan fingerprint density at radius 1 is 1.18 bits per heavy atom. The fraction of sp³-hybridized carbons (Fsp3) is 0.350. The topological polar surface area (TPSA) is 108 Å². The summed E-state index contributed by atoms with van der Waals surface area (Å²) >= 11 is 12.6. The van der Waals surface area contributed by atoms with Crippen LogP contribution < -0.4 is 16.0 Å². The number of carbonyl (C=O) groups excluding carboxylic acids is 2. The third-order valence-corrected chi connectivity index (χ3v) is 5.78. The first-order valence-electron chi connectivity index (χ1n) is 9.73. The highest BCUT2D eigenvalue weighted by Gasteiger charge is 2.34. The molecule has 34 heavy (non-hydrogen) atoms. The molecule has 0 radical (unpaired) electrons. The Labute approximate surface area is 207 Å². The van der Waals surface area contributed by atoms with Gasteiger partial charge in [0.05, 0.1) is 27.9 Å². The zero-order chi connectivity index (χ0) is 25.6.